The van der Waals surface area contributed by atoms with E-state index in [9.17, 15) is 19.2 Å². The van der Waals surface area contributed by atoms with Gasteiger partial charge in [-0.1, -0.05) is 48.0 Å². The lowest BCUT2D eigenvalue weighted by Gasteiger charge is -2.14. The molecule has 0 aromatic rings. The van der Waals surface area contributed by atoms with Crippen molar-refractivity contribution in [2.24, 2.45) is 0 Å². The summed E-state index contributed by atoms with van der Waals surface area (Å²) in [6, 6.07) is 0. The van der Waals surface area contributed by atoms with Gasteiger partial charge >= 0.3 is 11.9 Å². The average Bonchev–Trinajstić information content (AvgIpc) is 3.07. The number of ether oxygens (including phenoxy) is 2. The summed E-state index contributed by atoms with van der Waals surface area (Å²) >= 11 is 12.4. The maximum absolute atomic E-state index is 12.7. The summed E-state index contributed by atoms with van der Waals surface area (Å²) in [4.78, 5) is 51.3. The fourth-order valence-corrected chi connectivity index (χ4v) is 5.10. The third-order valence-electron chi connectivity index (χ3n) is 3.59. The highest BCUT2D eigenvalue weighted by molar-refractivity contribution is 8.29. The van der Waals surface area contributed by atoms with Crippen LogP contribution in [0.4, 0.5) is 0 Å². The molecule has 152 valence electrons. The fraction of sp³-hybridized carbons (Fsp3) is 0.500. The minimum Gasteiger partial charge on any atom is -0.466 e. The Labute approximate surface area is 181 Å². The largest absolute Gasteiger partial charge is 0.466 e. The molecule has 2 saturated heterocycles. The first-order chi connectivity index (χ1) is 13.3. The number of carbonyl (C=O) groups is 4. The quantitative estimate of drug-likeness (QED) is 0.302. The van der Waals surface area contributed by atoms with E-state index in [-0.39, 0.29) is 57.6 Å². The molecule has 0 bridgehead atoms. The molecule has 2 rings (SSSR count). The highest BCUT2D eigenvalue weighted by atomic mass is 32.2. The van der Waals surface area contributed by atoms with E-state index in [0.29, 0.717) is 0 Å². The average molecular weight is 463 g/mol. The SMILES string of the molecule is CCOC(=O)CCN1C(=O)/C(=C2\SC(=S)N(CCC(=O)OCC)C2=O)SC1=S. The van der Waals surface area contributed by atoms with Crippen LogP contribution in [0.3, 0.4) is 0 Å². The zero-order chi connectivity index (χ0) is 20.8. The molecule has 2 aliphatic heterocycles. The smallest absolute Gasteiger partial charge is 0.307 e. The second-order valence-corrected chi connectivity index (χ2v) is 8.71. The van der Waals surface area contributed by atoms with Crippen molar-refractivity contribution in [1.82, 2.24) is 9.80 Å². The van der Waals surface area contributed by atoms with Crippen LogP contribution in [0, 0.1) is 0 Å². The molecule has 0 aromatic heterocycles. The fourth-order valence-electron chi connectivity index (χ4n) is 2.33. The van der Waals surface area contributed by atoms with Gasteiger partial charge < -0.3 is 9.47 Å². The van der Waals surface area contributed by atoms with Gasteiger partial charge in [-0.25, -0.2) is 0 Å². The lowest BCUT2D eigenvalue weighted by molar-refractivity contribution is -0.144. The van der Waals surface area contributed by atoms with Gasteiger partial charge in [0, 0.05) is 13.1 Å². The first-order valence-corrected chi connectivity index (χ1v) is 10.9. The Hall–Kier alpha value is -1.50. The van der Waals surface area contributed by atoms with Crippen LogP contribution in [0.5, 0.6) is 0 Å². The van der Waals surface area contributed by atoms with Crippen LogP contribution in [-0.2, 0) is 28.7 Å². The normalized spacial score (nSPS) is 19.6. The second kappa shape index (κ2) is 10.3. The van der Waals surface area contributed by atoms with Gasteiger partial charge in [0.2, 0.25) is 0 Å². The van der Waals surface area contributed by atoms with Gasteiger partial charge in [0.15, 0.2) is 0 Å². The summed E-state index contributed by atoms with van der Waals surface area (Å²) in [6.07, 6.45) is 0.0160. The lowest BCUT2D eigenvalue weighted by Crippen LogP contribution is -2.32. The minimum absolute atomic E-state index is 0.00800. The molecule has 0 aromatic carbocycles. The van der Waals surface area contributed by atoms with E-state index in [1.54, 1.807) is 13.8 Å². The molecule has 12 heteroatoms. The summed E-state index contributed by atoms with van der Waals surface area (Å²) in [5, 5.41) is 0. The van der Waals surface area contributed by atoms with E-state index in [4.69, 9.17) is 33.9 Å². The van der Waals surface area contributed by atoms with Crippen molar-refractivity contribution in [1.29, 1.82) is 0 Å². The molecule has 2 aliphatic rings. The Morgan fingerprint density at radius 2 is 1.18 bits per heavy atom. The van der Waals surface area contributed by atoms with E-state index in [2.05, 4.69) is 0 Å². The number of esters is 2. The van der Waals surface area contributed by atoms with Crippen LogP contribution in [0.15, 0.2) is 9.81 Å². The molecule has 0 saturated carbocycles. The van der Waals surface area contributed by atoms with Gasteiger partial charge in [0.1, 0.15) is 8.64 Å². The van der Waals surface area contributed by atoms with Gasteiger partial charge in [0.25, 0.3) is 11.8 Å². The van der Waals surface area contributed by atoms with Crippen molar-refractivity contribution in [3.63, 3.8) is 0 Å². The van der Waals surface area contributed by atoms with E-state index in [1.807, 2.05) is 0 Å². The molecule has 0 spiro atoms. The van der Waals surface area contributed by atoms with Gasteiger partial charge in [-0.05, 0) is 13.8 Å². The monoisotopic (exact) mass is 462 g/mol. The summed E-state index contributed by atoms with van der Waals surface area (Å²) in [5.74, 6) is -1.74. The number of hydrogen-bond donors (Lipinski definition) is 0. The van der Waals surface area contributed by atoms with Crippen LogP contribution >= 0.6 is 48.0 Å². The summed E-state index contributed by atoms with van der Waals surface area (Å²) in [5.41, 5.74) is 0. The number of hydrogen-bond acceptors (Lipinski definition) is 10. The molecule has 0 atom stereocenters. The van der Waals surface area contributed by atoms with Crippen molar-refractivity contribution >= 4 is 80.4 Å². The molecule has 0 radical (unpaired) electrons. The molecule has 28 heavy (non-hydrogen) atoms. The highest BCUT2D eigenvalue weighted by Crippen LogP contribution is 2.42. The zero-order valence-corrected chi connectivity index (χ0v) is 18.5. The van der Waals surface area contributed by atoms with Gasteiger partial charge in [-0.3, -0.25) is 29.0 Å². The van der Waals surface area contributed by atoms with Crippen LogP contribution in [-0.4, -0.2) is 68.5 Å². The van der Waals surface area contributed by atoms with Crippen molar-refractivity contribution in [3.05, 3.63) is 9.81 Å². The molecule has 2 amide bonds. The van der Waals surface area contributed by atoms with Crippen molar-refractivity contribution in [3.8, 4) is 0 Å². The molecule has 2 fully saturated rings. The van der Waals surface area contributed by atoms with Crippen LogP contribution in [0.2, 0.25) is 0 Å². The van der Waals surface area contributed by atoms with Crippen molar-refractivity contribution < 1.29 is 28.7 Å². The Balaban J connectivity index is 2.08. The molecule has 0 N–H and O–H groups in total. The van der Waals surface area contributed by atoms with Crippen LogP contribution in [0.1, 0.15) is 26.7 Å². The number of amides is 2. The minimum atomic E-state index is -0.440. The molecule has 0 unspecified atom stereocenters. The zero-order valence-electron chi connectivity index (χ0n) is 15.2. The van der Waals surface area contributed by atoms with Crippen molar-refractivity contribution in [2.45, 2.75) is 26.7 Å². The first kappa shape index (κ1) is 22.8. The predicted molar refractivity (Wildman–Crippen MR) is 113 cm³/mol. The highest BCUT2D eigenvalue weighted by Gasteiger charge is 2.42. The lowest BCUT2D eigenvalue weighted by atomic mass is 10.3. The van der Waals surface area contributed by atoms with E-state index in [0.717, 1.165) is 23.5 Å². The summed E-state index contributed by atoms with van der Waals surface area (Å²) in [7, 11) is 0. The number of nitrogens with zero attached hydrogens (tertiary/aromatic N) is 2. The van der Waals surface area contributed by atoms with E-state index >= 15 is 0 Å². The molecule has 0 aliphatic carbocycles. The molecular formula is C16H18N2O6S4. The van der Waals surface area contributed by atoms with E-state index < -0.39 is 23.8 Å². The topological polar surface area (TPSA) is 93.2 Å². The second-order valence-electron chi connectivity index (χ2n) is 5.42. The molecule has 8 nitrogen and oxygen atoms in total. The van der Waals surface area contributed by atoms with E-state index in [1.165, 1.54) is 9.80 Å². The predicted octanol–water partition coefficient (Wildman–Crippen LogP) is 1.82. The Morgan fingerprint density at radius 3 is 1.50 bits per heavy atom. The third kappa shape index (κ3) is 5.31. The van der Waals surface area contributed by atoms with Crippen molar-refractivity contribution in [2.75, 3.05) is 26.3 Å². The Morgan fingerprint density at radius 1 is 0.821 bits per heavy atom. The standard InChI is InChI=1S/C16H18N2O6S4/c1-3-23-9(19)5-7-17-13(21)11(27-15(17)25)12-14(22)18(16(26)28-12)8-6-10(20)24-4-2/h3-8H2,1-2H3/b12-11+. The number of rotatable bonds is 8. The summed E-state index contributed by atoms with van der Waals surface area (Å²) in [6.45, 7) is 4.06. The number of carbonyl (C=O) groups excluding carboxylic acids is 4. The third-order valence-corrected chi connectivity index (χ3v) is 6.62. The maximum Gasteiger partial charge on any atom is 0.307 e. The number of thiocarbonyl (C=S) groups is 2. The van der Waals surface area contributed by atoms with Crippen LogP contribution < -0.4 is 0 Å². The van der Waals surface area contributed by atoms with Gasteiger partial charge in [-0.2, -0.15) is 0 Å². The molecule has 2 heterocycles. The summed E-state index contributed by atoms with van der Waals surface area (Å²) < 4.78 is 10.2. The first-order valence-electron chi connectivity index (χ1n) is 8.43. The van der Waals surface area contributed by atoms with Gasteiger partial charge in [-0.15, -0.1) is 0 Å². The Kier molecular flexibility index (Phi) is 8.40. The molecular weight excluding hydrogens is 444 g/mol. The maximum atomic E-state index is 12.7. The number of thioether (sulfide) groups is 2. The van der Waals surface area contributed by atoms with Gasteiger partial charge in [0.05, 0.1) is 35.9 Å². The Bertz CT molecular complexity index is 704. The van der Waals surface area contributed by atoms with Crippen LogP contribution in [0.25, 0.3) is 0 Å².